The third-order valence-electron chi connectivity index (χ3n) is 3.48. The number of carbonyl (C=O) groups excluding carboxylic acids is 1. The second-order valence-electron chi connectivity index (χ2n) is 5.32. The molecule has 5 nitrogen and oxygen atoms in total. The van der Waals surface area contributed by atoms with Crippen molar-refractivity contribution in [3.63, 3.8) is 0 Å². The molecule has 20 heavy (non-hydrogen) atoms. The van der Waals surface area contributed by atoms with Crippen LogP contribution in [0.1, 0.15) is 17.3 Å². The van der Waals surface area contributed by atoms with Crippen molar-refractivity contribution >= 4 is 15.6 Å². The molecule has 0 N–H and O–H groups in total. The van der Waals surface area contributed by atoms with Crippen molar-refractivity contribution < 1.29 is 17.9 Å². The second-order valence-corrected chi connectivity index (χ2v) is 7.47. The first-order chi connectivity index (χ1) is 9.30. The van der Waals surface area contributed by atoms with Crippen LogP contribution in [-0.2, 0) is 9.84 Å². The van der Waals surface area contributed by atoms with E-state index in [-0.39, 0.29) is 23.3 Å². The van der Waals surface area contributed by atoms with E-state index in [0.717, 1.165) is 0 Å². The molecule has 0 aromatic heterocycles. The fraction of sp³-hybridized carbons (Fsp3) is 0.500. The maximum absolute atomic E-state index is 11.8. The molecule has 1 heterocycles. The highest BCUT2D eigenvalue weighted by atomic mass is 32.2. The van der Waals surface area contributed by atoms with E-state index in [4.69, 9.17) is 4.74 Å². The minimum atomic E-state index is -3.09. The van der Waals surface area contributed by atoms with Gasteiger partial charge in [-0.2, -0.15) is 0 Å². The average molecular weight is 297 g/mol. The zero-order valence-electron chi connectivity index (χ0n) is 11.9. The van der Waals surface area contributed by atoms with Crippen molar-refractivity contribution in [2.75, 3.05) is 25.6 Å². The van der Waals surface area contributed by atoms with Crippen LogP contribution in [0, 0.1) is 0 Å². The van der Waals surface area contributed by atoms with Crippen molar-refractivity contribution in [2.24, 2.45) is 0 Å². The average Bonchev–Trinajstić information content (AvgIpc) is 2.65. The minimum Gasteiger partial charge on any atom is -0.487 e. The standard InChI is InChI=1S/C14H19NO4S/c1-10(16)11-6-4-5-7-13(11)19-14-9-20(17,18)8-12(14)15(2)3/h4-7,12,14H,8-9H2,1-3H3. The van der Waals surface area contributed by atoms with E-state index in [1.165, 1.54) is 6.92 Å². The van der Waals surface area contributed by atoms with Gasteiger partial charge in [0, 0.05) is 0 Å². The number of ether oxygens (including phenoxy) is 1. The molecule has 0 saturated carbocycles. The van der Waals surface area contributed by atoms with Crippen LogP contribution >= 0.6 is 0 Å². The zero-order chi connectivity index (χ0) is 14.9. The summed E-state index contributed by atoms with van der Waals surface area (Å²) in [5.74, 6) is 0.437. The van der Waals surface area contributed by atoms with Crippen molar-refractivity contribution in [3.05, 3.63) is 29.8 Å². The summed E-state index contributed by atoms with van der Waals surface area (Å²) >= 11 is 0. The Morgan fingerprint density at radius 3 is 2.50 bits per heavy atom. The van der Waals surface area contributed by atoms with E-state index >= 15 is 0 Å². The van der Waals surface area contributed by atoms with Gasteiger partial charge in [-0.25, -0.2) is 8.42 Å². The summed E-state index contributed by atoms with van der Waals surface area (Å²) < 4.78 is 29.4. The van der Waals surface area contributed by atoms with Gasteiger partial charge in [-0.1, -0.05) is 12.1 Å². The summed E-state index contributed by atoms with van der Waals surface area (Å²) in [4.78, 5) is 13.4. The molecule has 1 aliphatic heterocycles. The van der Waals surface area contributed by atoms with Gasteiger partial charge in [0.05, 0.1) is 23.1 Å². The molecule has 1 aliphatic rings. The van der Waals surface area contributed by atoms with Gasteiger partial charge < -0.3 is 9.64 Å². The summed E-state index contributed by atoms with van der Waals surface area (Å²) in [5.41, 5.74) is 0.481. The molecular formula is C14H19NO4S. The van der Waals surface area contributed by atoms with Crippen LogP contribution in [0.5, 0.6) is 5.75 Å². The van der Waals surface area contributed by atoms with Crippen LogP contribution in [0.25, 0.3) is 0 Å². The molecule has 2 rings (SSSR count). The van der Waals surface area contributed by atoms with Gasteiger partial charge in [0.25, 0.3) is 0 Å². The van der Waals surface area contributed by atoms with Crippen LogP contribution in [0.2, 0.25) is 0 Å². The Bertz CT molecular complexity index is 609. The van der Waals surface area contributed by atoms with E-state index in [1.54, 1.807) is 24.3 Å². The van der Waals surface area contributed by atoms with E-state index in [9.17, 15) is 13.2 Å². The second kappa shape index (κ2) is 5.54. The third-order valence-corrected chi connectivity index (χ3v) is 5.17. The SMILES string of the molecule is CC(=O)c1ccccc1OC1CS(=O)(=O)CC1N(C)C. The molecular weight excluding hydrogens is 278 g/mol. The molecule has 1 aromatic rings. The Kier molecular flexibility index (Phi) is 4.15. The molecule has 0 bridgehead atoms. The van der Waals surface area contributed by atoms with Crippen LogP contribution < -0.4 is 4.74 Å². The Hall–Kier alpha value is -1.40. The summed E-state index contributed by atoms with van der Waals surface area (Å²) in [7, 11) is 0.570. The lowest BCUT2D eigenvalue weighted by Crippen LogP contribution is -2.41. The molecule has 6 heteroatoms. The number of nitrogens with zero attached hydrogens (tertiary/aromatic N) is 1. The monoisotopic (exact) mass is 297 g/mol. The van der Waals surface area contributed by atoms with Crippen LogP contribution in [-0.4, -0.2) is 56.8 Å². The molecule has 110 valence electrons. The Morgan fingerprint density at radius 1 is 1.25 bits per heavy atom. The highest BCUT2D eigenvalue weighted by Gasteiger charge is 2.40. The van der Waals surface area contributed by atoms with E-state index in [0.29, 0.717) is 11.3 Å². The van der Waals surface area contributed by atoms with E-state index < -0.39 is 15.9 Å². The quantitative estimate of drug-likeness (QED) is 0.776. The fourth-order valence-electron chi connectivity index (χ4n) is 2.41. The lowest BCUT2D eigenvalue weighted by Gasteiger charge is -2.25. The van der Waals surface area contributed by atoms with Gasteiger partial charge in [-0.15, -0.1) is 0 Å². The Morgan fingerprint density at radius 2 is 1.90 bits per heavy atom. The topological polar surface area (TPSA) is 63.7 Å². The highest BCUT2D eigenvalue weighted by molar-refractivity contribution is 7.91. The largest absolute Gasteiger partial charge is 0.487 e. The number of Topliss-reactive ketones (excluding diaryl/α,β-unsaturated/α-hetero) is 1. The van der Waals surface area contributed by atoms with Gasteiger partial charge in [0.2, 0.25) is 0 Å². The van der Waals surface area contributed by atoms with Gasteiger partial charge in [0.1, 0.15) is 11.9 Å². The van der Waals surface area contributed by atoms with Gasteiger partial charge in [-0.05, 0) is 33.2 Å². The number of ketones is 1. The zero-order valence-corrected chi connectivity index (χ0v) is 12.7. The number of sulfone groups is 1. The third kappa shape index (κ3) is 3.19. The summed E-state index contributed by atoms with van der Waals surface area (Å²) in [6.45, 7) is 1.47. The van der Waals surface area contributed by atoms with Crippen molar-refractivity contribution in [1.29, 1.82) is 0 Å². The number of benzene rings is 1. The number of hydrogen-bond donors (Lipinski definition) is 0. The molecule has 0 amide bonds. The molecule has 0 aliphatic carbocycles. The fourth-order valence-corrected chi connectivity index (χ4v) is 4.37. The first-order valence-corrected chi connectivity index (χ1v) is 8.26. The molecule has 2 atom stereocenters. The van der Waals surface area contributed by atoms with Crippen molar-refractivity contribution in [2.45, 2.75) is 19.1 Å². The van der Waals surface area contributed by atoms with E-state index in [2.05, 4.69) is 0 Å². The molecule has 1 saturated heterocycles. The lowest BCUT2D eigenvalue weighted by molar-refractivity contribution is 0.0997. The maximum Gasteiger partial charge on any atom is 0.163 e. The van der Waals surface area contributed by atoms with E-state index in [1.807, 2.05) is 19.0 Å². The van der Waals surface area contributed by atoms with Crippen molar-refractivity contribution in [1.82, 2.24) is 4.90 Å². The number of carbonyl (C=O) groups is 1. The Balaban J connectivity index is 2.27. The Labute approximate surface area is 119 Å². The predicted molar refractivity (Wildman–Crippen MR) is 77.0 cm³/mol. The smallest absolute Gasteiger partial charge is 0.163 e. The van der Waals surface area contributed by atoms with Gasteiger partial charge in [-0.3, -0.25) is 4.79 Å². The maximum atomic E-state index is 11.8. The number of para-hydroxylation sites is 1. The molecule has 0 radical (unpaired) electrons. The normalized spacial score (nSPS) is 24.8. The summed E-state index contributed by atoms with van der Waals surface area (Å²) in [6, 6.07) is 6.73. The van der Waals surface area contributed by atoms with Gasteiger partial charge in [0.15, 0.2) is 15.6 Å². The predicted octanol–water partition coefficient (Wildman–Crippen LogP) is 0.995. The number of rotatable bonds is 4. The van der Waals surface area contributed by atoms with Crippen LogP contribution in [0.3, 0.4) is 0 Å². The lowest BCUT2D eigenvalue weighted by atomic mass is 10.1. The number of hydrogen-bond acceptors (Lipinski definition) is 5. The van der Waals surface area contributed by atoms with Crippen LogP contribution in [0.4, 0.5) is 0 Å². The summed E-state index contributed by atoms with van der Waals surface area (Å²) in [6.07, 6.45) is -0.449. The first kappa shape index (κ1) is 15.0. The molecule has 1 aromatic carbocycles. The van der Waals surface area contributed by atoms with Crippen LogP contribution in [0.15, 0.2) is 24.3 Å². The minimum absolute atomic E-state index is 0.0118. The summed E-state index contributed by atoms with van der Waals surface area (Å²) in [5, 5.41) is 0. The molecule has 1 fully saturated rings. The van der Waals surface area contributed by atoms with Gasteiger partial charge >= 0.3 is 0 Å². The van der Waals surface area contributed by atoms with Crippen molar-refractivity contribution in [3.8, 4) is 5.75 Å². The first-order valence-electron chi connectivity index (χ1n) is 6.43. The highest BCUT2D eigenvalue weighted by Crippen LogP contribution is 2.25. The molecule has 2 unspecified atom stereocenters. The molecule has 0 spiro atoms. The number of likely N-dealkylation sites (N-methyl/N-ethyl adjacent to an activating group) is 1.